The second kappa shape index (κ2) is 8.88. The summed E-state index contributed by atoms with van der Waals surface area (Å²) in [6, 6.07) is 18.6. The molecule has 4 rings (SSSR count). The van der Waals surface area contributed by atoms with Gasteiger partial charge in [0.05, 0.1) is 19.0 Å². The lowest BCUT2D eigenvalue weighted by molar-refractivity contribution is 0.415. The molecule has 2 aromatic carbocycles. The topological polar surface area (TPSA) is 80.1 Å². The summed E-state index contributed by atoms with van der Waals surface area (Å²) in [6.07, 6.45) is 4.84. The monoisotopic (exact) mass is 396 g/mol. The number of aromatic nitrogens is 4. The molecule has 0 spiro atoms. The molecular weight excluding hydrogens is 376 g/mol. The first-order valence-electron chi connectivity index (χ1n) is 9.48. The molecule has 7 heteroatoms. The van der Waals surface area contributed by atoms with Crippen LogP contribution in [0.1, 0.15) is 11.1 Å². The Bertz CT molecular complexity index is 1160. The molecule has 0 fully saturated rings. The van der Waals surface area contributed by atoms with Gasteiger partial charge in [0, 0.05) is 11.6 Å². The largest absolute Gasteiger partial charge is 0.496 e. The number of nitrogens with one attached hydrogen (secondary N) is 2. The summed E-state index contributed by atoms with van der Waals surface area (Å²) in [6.45, 7) is 6.93. The summed E-state index contributed by atoms with van der Waals surface area (Å²) < 4.78 is 5.63. The van der Waals surface area contributed by atoms with E-state index in [2.05, 4.69) is 66.7 Å². The second-order valence-corrected chi connectivity index (χ2v) is 6.68. The fourth-order valence-electron chi connectivity index (χ4n) is 3.15. The number of hydrogen-bond acceptors (Lipinski definition) is 5. The zero-order valence-electron chi connectivity index (χ0n) is 16.5. The SMILES string of the molecule is [C-]#[N+]c1cnc(Nc2cc(-c3ccc(CCc4ccccc4)cc3OC)[nH]n2)cn1. The van der Waals surface area contributed by atoms with Gasteiger partial charge in [-0.3, -0.25) is 5.10 Å². The van der Waals surface area contributed by atoms with Gasteiger partial charge in [-0.1, -0.05) is 43.0 Å². The molecule has 7 nitrogen and oxygen atoms in total. The van der Waals surface area contributed by atoms with E-state index >= 15 is 0 Å². The number of aryl methyl sites for hydroxylation is 2. The first kappa shape index (κ1) is 19.2. The molecule has 0 unspecified atom stereocenters. The van der Waals surface area contributed by atoms with Crippen molar-refractivity contribution in [2.45, 2.75) is 12.8 Å². The number of hydrogen-bond donors (Lipinski definition) is 2. The van der Waals surface area contributed by atoms with Crippen LogP contribution in [0.3, 0.4) is 0 Å². The Labute approximate surface area is 174 Å². The van der Waals surface area contributed by atoms with Crippen molar-refractivity contribution in [2.24, 2.45) is 0 Å². The van der Waals surface area contributed by atoms with Gasteiger partial charge in [0.15, 0.2) is 17.8 Å². The molecule has 0 aliphatic heterocycles. The van der Waals surface area contributed by atoms with E-state index < -0.39 is 0 Å². The van der Waals surface area contributed by atoms with Crippen molar-refractivity contribution >= 4 is 17.5 Å². The highest BCUT2D eigenvalue weighted by molar-refractivity contribution is 5.71. The number of anilines is 2. The standard InChI is InChI=1S/C23H20N6O/c1-24-22-14-26-23(15-25-22)27-21-13-19(28-29-21)18-11-10-17(12-20(18)30-2)9-8-16-6-4-3-5-7-16/h3-7,10-15H,8-9H2,2H3,(H2,26,27,28,29). The van der Waals surface area contributed by atoms with Crippen molar-refractivity contribution in [1.29, 1.82) is 0 Å². The summed E-state index contributed by atoms with van der Waals surface area (Å²) in [5.41, 5.74) is 4.29. The predicted molar refractivity (Wildman–Crippen MR) is 116 cm³/mol. The molecule has 0 radical (unpaired) electrons. The average molecular weight is 396 g/mol. The van der Waals surface area contributed by atoms with Crippen LogP contribution in [0.2, 0.25) is 0 Å². The third-order valence-corrected chi connectivity index (χ3v) is 4.69. The number of nitrogens with zero attached hydrogens (tertiary/aromatic N) is 4. The van der Waals surface area contributed by atoms with Crippen LogP contribution in [0.4, 0.5) is 17.5 Å². The fourth-order valence-corrected chi connectivity index (χ4v) is 3.15. The normalized spacial score (nSPS) is 10.4. The number of H-pyrrole nitrogens is 1. The lowest BCUT2D eigenvalue weighted by atomic mass is 10.0. The summed E-state index contributed by atoms with van der Waals surface area (Å²) in [7, 11) is 1.67. The lowest BCUT2D eigenvalue weighted by Crippen LogP contribution is -1.94. The highest BCUT2D eigenvalue weighted by Crippen LogP contribution is 2.31. The van der Waals surface area contributed by atoms with E-state index in [9.17, 15) is 0 Å². The molecule has 2 aromatic heterocycles. The Hall–Kier alpha value is -4.18. The zero-order chi connectivity index (χ0) is 20.8. The third-order valence-electron chi connectivity index (χ3n) is 4.69. The van der Waals surface area contributed by atoms with E-state index in [1.165, 1.54) is 23.5 Å². The molecule has 2 heterocycles. The van der Waals surface area contributed by atoms with E-state index in [1.54, 1.807) is 7.11 Å². The maximum absolute atomic E-state index is 6.93. The molecule has 0 bridgehead atoms. The maximum atomic E-state index is 6.93. The number of rotatable bonds is 7. The van der Waals surface area contributed by atoms with Gasteiger partial charge in [-0.2, -0.15) is 5.10 Å². The van der Waals surface area contributed by atoms with Crippen molar-refractivity contribution < 1.29 is 4.74 Å². The Balaban J connectivity index is 1.48. The number of aromatic amines is 1. The Morgan fingerprint density at radius 1 is 0.967 bits per heavy atom. The fraction of sp³-hybridized carbons (Fsp3) is 0.130. The van der Waals surface area contributed by atoms with Crippen LogP contribution in [0.25, 0.3) is 16.1 Å². The third kappa shape index (κ3) is 4.45. The summed E-state index contributed by atoms with van der Waals surface area (Å²) in [4.78, 5) is 11.4. The van der Waals surface area contributed by atoms with Crippen LogP contribution >= 0.6 is 0 Å². The van der Waals surface area contributed by atoms with Gasteiger partial charge < -0.3 is 14.9 Å². The van der Waals surface area contributed by atoms with Gasteiger partial charge >= 0.3 is 0 Å². The predicted octanol–water partition coefficient (Wildman–Crippen LogP) is 4.95. The Kier molecular flexibility index (Phi) is 5.67. The molecule has 0 saturated heterocycles. The number of benzene rings is 2. The van der Waals surface area contributed by atoms with E-state index in [-0.39, 0.29) is 5.82 Å². The van der Waals surface area contributed by atoms with E-state index in [0.717, 1.165) is 29.8 Å². The van der Waals surface area contributed by atoms with Gasteiger partial charge in [0.25, 0.3) is 5.82 Å². The van der Waals surface area contributed by atoms with Crippen LogP contribution in [-0.4, -0.2) is 27.3 Å². The van der Waals surface area contributed by atoms with Crippen molar-refractivity contribution in [3.05, 3.63) is 89.5 Å². The summed E-state index contributed by atoms with van der Waals surface area (Å²) >= 11 is 0. The quantitative estimate of drug-likeness (QED) is 0.432. The number of ether oxygens (including phenoxy) is 1. The van der Waals surface area contributed by atoms with Crippen molar-refractivity contribution in [1.82, 2.24) is 20.2 Å². The molecular formula is C23H20N6O. The van der Waals surface area contributed by atoms with Crippen LogP contribution < -0.4 is 10.1 Å². The summed E-state index contributed by atoms with van der Waals surface area (Å²) in [5.74, 6) is 2.16. The van der Waals surface area contributed by atoms with Gasteiger partial charge in [0.2, 0.25) is 0 Å². The molecule has 2 N–H and O–H groups in total. The van der Waals surface area contributed by atoms with Gasteiger partial charge in [-0.25, -0.2) is 4.98 Å². The van der Waals surface area contributed by atoms with Gasteiger partial charge in [-0.15, -0.1) is 4.98 Å². The first-order chi connectivity index (χ1) is 14.7. The molecule has 0 atom stereocenters. The molecule has 148 valence electrons. The van der Waals surface area contributed by atoms with E-state index in [4.69, 9.17) is 11.3 Å². The minimum Gasteiger partial charge on any atom is -0.496 e. The molecule has 4 aromatic rings. The van der Waals surface area contributed by atoms with Crippen molar-refractivity contribution in [3.63, 3.8) is 0 Å². The maximum Gasteiger partial charge on any atom is 0.288 e. The van der Waals surface area contributed by atoms with Crippen LogP contribution in [0.5, 0.6) is 5.75 Å². The van der Waals surface area contributed by atoms with Crippen molar-refractivity contribution in [2.75, 3.05) is 12.4 Å². The van der Waals surface area contributed by atoms with Crippen molar-refractivity contribution in [3.8, 4) is 17.0 Å². The molecule has 0 aliphatic rings. The molecule has 0 amide bonds. The smallest absolute Gasteiger partial charge is 0.288 e. The first-order valence-corrected chi connectivity index (χ1v) is 9.48. The lowest BCUT2D eigenvalue weighted by Gasteiger charge is -2.10. The van der Waals surface area contributed by atoms with Gasteiger partial charge in [-0.05, 0) is 36.1 Å². The van der Waals surface area contributed by atoms with E-state index in [0.29, 0.717) is 11.6 Å². The molecule has 0 saturated carbocycles. The zero-order valence-corrected chi connectivity index (χ0v) is 16.5. The highest BCUT2D eigenvalue weighted by atomic mass is 16.5. The second-order valence-electron chi connectivity index (χ2n) is 6.68. The minimum atomic E-state index is 0.250. The average Bonchev–Trinajstić information content (AvgIpc) is 3.27. The van der Waals surface area contributed by atoms with E-state index in [1.807, 2.05) is 18.2 Å². The summed E-state index contributed by atoms with van der Waals surface area (Å²) in [5, 5.41) is 10.4. The molecule has 30 heavy (non-hydrogen) atoms. The van der Waals surface area contributed by atoms with Gasteiger partial charge in [0.1, 0.15) is 5.75 Å². The van der Waals surface area contributed by atoms with Crippen LogP contribution in [0, 0.1) is 6.57 Å². The Morgan fingerprint density at radius 2 is 1.80 bits per heavy atom. The molecule has 0 aliphatic carbocycles. The highest BCUT2D eigenvalue weighted by Gasteiger charge is 2.11. The minimum absolute atomic E-state index is 0.250. The van der Waals surface area contributed by atoms with Crippen LogP contribution in [0.15, 0.2) is 67.0 Å². The van der Waals surface area contributed by atoms with Crippen LogP contribution in [-0.2, 0) is 12.8 Å². The Morgan fingerprint density at radius 3 is 2.53 bits per heavy atom. The number of methoxy groups -OCH3 is 1.